The Morgan fingerprint density at radius 3 is 2.45 bits per heavy atom. The van der Waals surface area contributed by atoms with Gasteiger partial charge in [0.2, 0.25) is 5.91 Å². The monoisotopic (exact) mass is 452 g/mol. The van der Waals surface area contributed by atoms with Crippen LogP contribution in [0.1, 0.15) is 6.42 Å². The molecule has 0 saturated carbocycles. The summed E-state index contributed by atoms with van der Waals surface area (Å²) in [5.74, 6) is -0.232. The fourth-order valence-electron chi connectivity index (χ4n) is 2.92. The lowest BCUT2D eigenvalue weighted by Gasteiger charge is -2.07. The lowest BCUT2D eigenvalue weighted by molar-refractivity contribution is -0.116. The Morgan fingerprint density at radius 1 is 1.03 bits per heavy atom. The van der Waals surface area contributed by atoms with Crippen LogP contribution in [-0.2, 0) is 11.3 Å². The van der Waals surface area contributed by atoms with E-state index in [0.29, 0.717) is 10.7 Å². The van der Waals surface area contributed by atoms with Crippen molar-refractivity contribution in [3.05, 3.63) is 92.0 Å². The summed E-state index contributed by atoms with van der Waals surface area (Å²) in [7, 11) is 0. The summed E-state index contributed by atoms with van der Waals surface area (Å²) in [6.07, 6.45) is 1.47. The van der Waals surface area contributed by atoms with E-state index in [0.717, 1.165) is 21.8 Å². The maximum absolute atomic E-state index is 12.2. The fraction of sp³-hybridized carbons (Fsp3) is 0.0909. The SMILES string of the molecule is O=C(CCn1ccc(=O)[nH]c1=O)Nc1ccc(-c2csc(-c3ccc(Cl)cc3)n2)cc1. The van der Waals surface area contributed by atoms with Gasteiger partial charge in [0, 0.05) is 52.4 Å². The van der Waals surface area contributed by atoms with Crippen LogP contribution in [0.15, 0.2) is 75.8 Å². The van der Waals surface area contributed by atoms with Gasteiger partial charge >= 0.3 is 5.69 Å². The molecule has 0 fully saturated rings. The van der Waals surface area contributed by atoms with Crippen molar-refractivity contribution in [2.75, 3.05) is 5.32 Å². The third kappa shape index (κ3) is 5.17. The van der Waals surface area contributed by atoms with E-state index >= 15 is 0 Å². The average Bonchev–Trinajstić information content (AvgIpc) is 3.24. The van der Waals surface area contributed by atoms with E-state index in [1.165, 1.54) is 16.8 Å². The Bertz CT molecular complexity index is 1320. The number of carbonyl (C=O) groups is 1. The Balaban J connectivity index is 1.38. The van der Waals surface area contributed by atoms with Crippen LogP contribution < -0.4 is 16.6 Å². The Morgan fingerprint density at radius 2 is 1.74 bits per heavy atom. The van der Waals surface area contributed by atoms with Gasteiger partial charge in [-0.1, -0.05) is 35.9 Å². The predicted molar refractivity (Wildman–Crippen MR) is 123 cm³/mol. The van der Waals surface area contributed by atoms with Gasteiger partial charge in [0.25, 0.3) is 5.56 Å². The summed E-state index contributed by atoms with van der Waals surface area (Å²) in [6.45, 7) is 0.172. The van der Waals surface area contributed by atoms with E-state index < -0.39 is 11.2 Å². The molecule has 0 saturated heterocycles. The number of hydrogen-bond donors (Lipinski definition) is 2. The molecule has 1 amide bonds. The predicted octanol–water partition coefficient (Wildman–Crippen LogP) is 4.01. The molecule has 2 aromatic carbocycles. The van der Waals surface area contributed by atoms with Crippen LogP contribution in [-0.4, -0.2) is 20.4 Å². The summed E-state index contributed by atoms with van der Waals surface area (Å²) in [4.78, 5) is 41.8. The highest BCUT2D eigenvalue weighted by Crippen LogP contribution is 2.30. The fourth-order valence-corrected chi connectivity index (χ4v) is 3.88. The lowest BCUT2D eigenvalue weighted by Crippen LogP contribution is -2.29. The van der Waals surface area contributed by atoms with E-state index in [1.54, 1.807) is 23.5 Å². The van der Waals surface area contributed by atoms with Gasteiger partial charge < -0.3 is 9.88 Å². The van der Waals surface area contributed by atoms with Gasteiger partial charge in [-0.15, -0.1) is 11.3 Å². The van der Waals surface area contributed by atoms with Gasteiger partial charge in [0.1, 0.15) is 5.01 Å². The smallest absolute Gasteiger partial charge is 0.326 e. The summed E-state index contributed by atoms with van der Waals surface area (Å²) < 4.78 is 1.28. The van der Waals surface area contributed by atoms with Crippen LogP contribution in [0.3, 0.4) is 0 Å². The molecule has 4 aromatic rings. The number of anilines is 1. The van der Waals surface area contributed by atoms with Crippen molar-refractivity contribution in [3.63, 3.8) is 0 Å². The number of nitrogens with one attached hydrogen (secondary N) is 2. The molecule has 0 aliphatic heterocycles. The Labute approximate surface area is 186 Å². The van der Waals surface area contributed by atoms with Crippen molar-refractivity contribution < 1.29 is 4.79 Å². The van der Waals surface area contributed by atoms with Crippen LogP contribution >= 0.6 is 22.9 Å². The zero-order chi connectivity index (χ0) is 21.8. The molecule has 0 bridgehead atoms. The van der Waals surface area contributed by atoms with E-state index in [-0.39, 0.29) is 18.9 Å². The zero-order valence-corrected chi connectivity index (χ0v) is 17.7. The van der Waals surface area contributed by atoms with Crippen LogP contribution in [0.4, 0.5) is 5.69 Å². The first kappa shape index (κ1) is 20.8. The number of aromatic amines is 1. The molecule has 7 nitrogen and oxygen atoms in total. The molecule has 4 rings (SSSR count). The van der Waals surface area contributed by atoms with Gasteiger partial charge in [-0.05, 0) is 24.3 Å². The Kier molecular flexibility index (Phi) is 6.11. The third-order valence-corrected chi connectivity index (χ3v) is 5.68. The summed E-state index contributed by atoms with van der Waals surface area (Å²) in [5, 5.41) is 6.38. The normalized spacial score (nSPS) is 10.7. The van der Waals surface area contributed by atoms with E-state index in [4.69, 9.17) is 11.6 Å². The van der Waals surface area contributed by atoms with Crippen molar-refractivity contribution >= 4 is 34.5 Å². The molecular weight excluding hydrogens is 436 g/mol. The number of amides is 1. The highest BCUT2D eigenvalue weighted by molar-refractivity contribution is 7.13. The van der Waals surface area contributed by atoms with E-state index in [2.05, 4.69) is 15.3 Å². The van der Waals surface area contributed by atoms with Gasteiger partial charge in [0.05, 0.1) is 5.69 Å². The van der Waals surface area contributed by atoms with Crippen molar-refractivity contribution in [1.82, 2.24) is 14.5 Å². The minimum absolute atomic E-state index is 0.101. The van der Waals surface area contributed by atoms with Crippen molar-refractivity contribution in [1.29, 1.82) is 0 Å². The highest BCUT2D eigenvalue weighted by atomic mass is 35.5. The number of nitrogens with zero attached hydrogens (tertiary/aromatic N) is 2. The number of carbonyl (C=O) groups excluding carboxylic acids is 1. The first-order chi connectivity index (χ1) is 15.0. The number of halogens is 1. The molecule has 0 aliphatic carbocycles. The molecule has 156 valence electrons. The molecular formula is C22H17ClN4O3S. The topological polar surface area (TPSA) is 96.9 Å². The van der Waals surface area contributed by atoms with Crippen LogP contribution in [0.25, 0.3) is 21.8 Å². The number of rotatable bonds is 6. The molecule has 0 aliphatic rings. The summed E-state index contributed by atoms with van der Waals surface area (Å²) >= 11 is 7.49. The minimum Gasteiger partial charge on any atom is -0.326 e. The summed E-state index contributed by atoms with van der Waals surface area (Å²) in [5.41, 5.74) is 2.44. The molecule has 0 radical (unpaired) electrons. The van der Waals surface area contributed by atoms with Crippen molar-refractivity contribution in [2.24, 2.45) is 0 Å². The summed E-state index contributed by atoms with van der Waals surface area (Å²) in [6, 6.07) is 16.2. The second-order valence-electron chi connectivity index (χ2n) is 6.72. The minimum atomic E-state index is -0.536. The number of aryl methyl sites for hydroxylation is 1. The number of thiazole rings is 1. The van der Waals surface area contributed by atoms with Gasteiger partial charge in [0.15, 0.2) is 0 Å². The molecule has 9 heteroatoms. The maximum Gasteiger partial charge on any atom is 0.328 e. The second-order valence-corrected chi connectivity index (χ2v) is 8.02. The van der Waals surface area contributed by atoms with Gasteiger partial charge in [-0.3, -0.25) is 14.6 Å². The first-order valence-electron chi connectivity index (χ1n) is 9.39. The van der Waals surface area contributed by atoms with Crippen molar-refractivity contribution in [2.45, 2.75) is 13.0 Å². The molecule has 2 heterocycles. The number of H-pyrrole nitrogens is 1. The highest BCUT2D eigenvalue weighted by Gasteiger charge is 2.08. The van der Waals surface area contributed by atoms with Gasteiger partial charge in [-0.25, -0.2) is 9.78 Å². The third-order valence-electron chi connectivity index (χ3n) is 4.54. The number of hydrogen-bond acceptors (Lipinski definition) is 5. The standard InChI is InChI=1S/C22H17ClN4O3S/c23-16-5-1-15(2-6-16)21-25-18(13-31-21)14-3-7-17(8-4-14)24-19(28)9-11-27-12-10-20(29)26-22(27)30/h1-8,10,12-13H,9,11H2,(H,24,28)(H,26,29,30). The lowest BCUT2D eigenvalue weighted by atomic mass is 10.1. The van der Waals surface area contributed by atoms with Crippen LogP contribution in [0.5, 0.6) is 0 Å². The molecule has 2 N–H and O–H groups in total. The number of benzene rings is 2. The first-order valence-corrected chi connectivity index (χ1v) is 10.7. The molecule has 0 spiro atoms. The quantitative estimate of drug-likeness (QED) is 0.462. The van der Waals surface area contributed by atoms with Crippen molar-refractivity contribution in [3.8, 4) is 21.8 Å². The van der Waals surface area contributed by atoms with Crippen LogP contribution in [0, 0.1) is 0 Å². The molecule has 31 heavy (non-hydrogen) atoms. The zero-order valence-electron chi connectivity index (χ0n) is 16.2. The number of aromatic nitrogens is 3. The molecule has 2 aromatic heterocycles. The molecule has 0 unspecified atom stereocenters. The van der Waals surface area contributed by atoms with E-state index in [9.17, 15) is 14.4 Å². The molecule has 0 atom stereocenters. The maximum atomic E-state index is 12.2. The average molecular weight is 453 g/mol. The second kappa shape index (κ2) is 9.11. The van der Waals surface area contributed by atoms with E-state index in [1.807, 2.05) is 41.8 Å². The van der Waals surface area contributed by atoms with Crippen LogP contribution in [0.2, 0.25) is 5.02 Å². The largest absolute Gasteiger partial charge is 0.328 e. The Hall–Kier alpha value is -3.49. The van der Waals surface area contributed by atoms with Gasteiger partial charge in [-0.2, -0.15) is 0 Å².